The van der Waals surface area contributed by atoms with E-state index in [0.29, 0.717) is 17.0 Å². The molecular weight excluding hydrogens is 260 g/mol. The second-order valence-electron chi connectivity index (χ2n) is 4.66. The minimum Gasteiger partial charge on any atom is -0.368 e. The Morgan fingerprint density at radius 2 is 2.32 bits per heavy atom. The van der Waals surface area contributed by atoms with Crippen molar-refractivity contribution in [2.24, 2.45) is 0 Å². The minimum absolute atomic E-state index is 0.0152. The van der Waals surface area contributed by atoms with Gasteiger partial charge in [0.15, 0.2) is 5.78 Å². The van der Waals surface area contributed by atoms with Gasteiger partial charge in [0.05, 0.1) is 4.88 Å². The van der Waals surface area contributed by atoms with Crippen molar-refractivity contribution in [3.05, 3.63) is 46.4 Å². The van der Waals surface area contributed by atoms with Crippen molar-refractivity contribution < 1.29 is 9.59 Å². The van der Waals surface area contributed by atoms with Crippen LogP contribution in [0.3, 0.4) is 0 Å². The maximum atomic E-state index is 12.0. The molecule has 0 spiro atoms. The lowest BCUT2D eigenvalue weighted by atomic mass is 9.97. The van der Waals surface area contributed by atoms with E-state index in [4.69, 9.17) is 0 Å². The molecule has 0 aromatic carbocycles. The Labute approximate surface area is 115 Å². The number of nitrogens with one attached hydrogen (secondary N) is 1. The molecule has 0 bridgehead atoms. The molecule has 1 amide bonds. The number of carbonyl (C=O) groups is 2. The molecule has 0 fully saturated rings. The predicted octanol–water partition coefficient (Wildman–Crippen LogP) is 1.92. The Balaban J connectivity index is 1.76. The summed E-state index contributed by atoms with van der Waals surface area (Å²) in [5.74, 6) is -0.193. The number of rotatable bonds is 2. The smallest absolute Gasteiger partial charge is 0.265 e. The normalized spacial score (nSPS) is 21.9. The molecule has 1 atom stereocenters. The van der Waals surface area contributed by atoms with Crippen LogP contribution in [0.15, 0.2) is 41.6 Å². The molecule has 2 aliphatic rings. The van der Waals surface area contributed by atoms with Crippen LogP contribution in [0.5, 0.6) is 0 Å². The molecule has 1 N–H and O–H groups in total. The lowest BCUT2D eigenvalue weighted by Gasteiger charge is -2.35. The molecular formula is C14H14N2O2S. The van der Waals surface area contributed by atoms with Gasteiger partial charge < -0.3 is 10.2 Å². The number of thiophene rings is 1. The second-order valence-corrected chi connectivity index (χ2v) is 5.61. The van der Waals surface area contributed by atoms with Crippen molar-refractivity contribution in [3.63, 3.8) is 0 Å². The highest BCUT2D eigenvalue weighted by molar-refractivity contribution is 7.12. The van der Waals surface area contributed by atoms with Crippen LogP contribution < -0.4 is 5.32 Å². The number of hydrogen-bond acceptors (Lipinski definition) is 4. The molecule has 1 unspecified atom stereocenters. The number of hydrogen-bond donors (Lipinski definition) is 1. The zero-order valence-electron chi connectivity index (χ0n) is 10.3. The summed E-state index contributed by atoms with van der Waals surface area (Å²) in [6.07, 6.45) is 7.35. The SMILES string of the molecule is O=C1CC2CC=CCN2C=C1NC(=O)c1cccs1. The molecule has 1 aromatic heterocycles. The van der Waals surface area contributed by atoms with Gasteiger partial charge in [0, 0.05) is 25.2 Å². The molecule has 1 aromatic rings. The van der Waals surface area contributed by atoms with E-state index in [-0.39, 0.29) is 17.7 Å². The van der Waals surface area contributed by atoms with Crippen molar-refractivity contribution in [3.8, 4) is 0 Å². The Hall–Kier alpha value is -1.88. The van der Waals surface area contributed by atoms with Crippen LogP contribution >= 0.6 is 11.3 Å². The molecule has 0 radical (unpaired) electrons. The van der Waals surface area contributed by atoms with Gasteiger partial charge >= 0.3 is 0 Å². The molecule has 0 saturated carbocycles. The van der Waals surface area contributed by atoms with Gasteiger partial charge in [-0.15, -0.1) is 11.3 Å². The number of nitrogens with zero attached hydrogens (tertiary/aromatic N) is 1. The van der Waals surface area contributed by atoms with Gasteiger partial charge in [0.2, 0.25) is 0 Å². The highest BCUT2D eigenvalue weighted by Gasteiger charge is 2.28. The first kappa shape index (κ1) is 12.2. The van der Waals surface area contributed by atoms with Gasteiger partial charge in [-0.1, -0.05) is 18.2 Å². The van der Waals surface area contributed by atoms with E-state index in [0.717, 1.165) is 13.0 Å². The fourth-order valence-electron chi connectivity index (χ4n) is 2.35. The Kier molecular flexibility index (Phi) is 3.21. The van der Waals surface area contributed by atoms with E-state index >= 15 is 0 Å². The number of fused-ring (bicyclic) bond motifs is 1. The lowest BCUT2D eigenvalue weighted by Crippen LogP contribution is -2.42. The Morgan fingerprint density at radius 3 is 3.11 bits per heavy atom. The van der Waals surface area contributed by atoms with Crippen molar-refractivity contribution in [2.75, 3.05) is 6.54 Å². The van der Waals surface area contributed by atoms with Gasteiger partial charge in [-0.2, -0.15) is 0 Å². The number of Topliss-reactive ketones (excluding diaryl/α,β-unsaturated/α-hetero) is 1. The first-order valence-electron chi connectivity index (χ1n) is 6.24. The van der Waals surface area contributed by atoms with Crippen LogP contribution in [0.4, 0.5) is 0 Å². The summed E-state index contributed by atoms with van der Waals surface area (Å²) in [7, 11) is 0. The molecule has 0 saturated heterocycles. The van der Waals surface area contributed by atoms with Crippen molar-refractivity contribution in [1.29, 1.82) is 0 Å². The van der Waals surface area contributed by atoms with Crippen molar-refractivity contribution in [2.45, 2.75) is 18.9 Å². The maximum Gasteiger partial charge on any atom is 0.265 e. The number of allylic oxidation sites excluding steroid dienone is 1. The van der Waals surface area contributed by atoms with E-state index in [1.165, 1.54) is 11.3 Å². The Bertz CT molecular complexity index is 560. The highest BCUT2D eigenvalue weighted by Crippen LogP contribution is 2.22. The van der Waals surface area contributed by atoms with Crippen LogP contribution in [-0.2, 0) is 4.79 Å². The zero-order valence-corrected chi connectivity index (χ0v) is 11.2. The molecule has 0 aliphatic carbocycles. The van der Waals surface area contributed by atoms with Gasteiger partial charge in [-0.3, -0.25) is 9.59 Å². The Morgan fingerprint density at radius 1 is 1.42 bits per heavy atom. The van der Waals surface area contributed by atoms with Crippen LogP contribution in [-0.4, -0.2) is 29.2 Å². The lowest BCUT2D eigenvalue weighted by molar-refractivity contribution is -0.117. The molecule has 3 heterocycles. The third-order valence-electron chi connectivity index (χ3n) is 3.37. The van der Waals surface area contributed by atoms with E-state index in [1.54, 1.807) is 12.3 Å². The summed E-state index contributed by atoms with van der Waals surface area (Å²) in [5, 5.41) is 4.57. The first-order valence-corrected chi connectivity index (χ1v) is 7.12. The van der Waals surface area contributed by atoms with Gasteiger partial charge in [0.1, 0.15) is 5.70 Å². The zero-order chi connectivity index (χ0) is 13.2. The van der Waals surface area contributed by atoms with Crippen molar-refractivity contribution >= 4 is 23.0 Å². The third-order valence-corrected chi connectivity index (χ3v) is 4.24. The molecule has 98 valence electrons. The average molecular weight is 274 g/mol. The quantitative estimate of drug-likeness (QED) is 0.838. The van der Waals surface area contributed by atoms with E-state index < -0.39 is 0 Å². The van der Waals surface area contributed by atoms with E-state index in [2.05, 4.69) is 22.4 Å². The summed E-state index contributed by atoms with van der Waals surface area (Å²) in [6, 6.07) is 3.82. The molecule has 19 heavy (non-hydrogen) atoms. The van der Waals surface area contributed by atoms with Gasteiger partial charge in [-0.05, 0) is 17.9 Å². The minimum atomic E-state index is -0.208. The van der Waals surface area contributed by atoms with Crippen LogP contribution in [0, 0.1) is 0 Å². The van der Waals surface area contributed by atoms with Crippen molar-refractivity contribution in [1.82, 2.24) is 10.2 Å². The summed E-state index contributed by atoms with van der Waals surface area (Å²) in [5.41, 5.74) is 0.407. The summed E-state index contributed by atoms with van der Waals surface area (Å²) >= 11 is 1.37. The topological polar surface area (TPSA) is 49.4 Å². The highest BCUT2D eigenvalue weighted by atomic mass is 32.1. The summed E-state index contributed by atoms with van der Waals surface area (Å²) in [6.45, 7) is 0.802. The number of ketones is 1. The van der Waals surface area contributed by atoms with Crippen LogP contribution in [0.2, 0.25) is 0 Å². The molecule has 3 rings (SSSR count). The van der Waals surface area contributed by atoms with E-state index in [1.807, 2.05) is 11.4 Å². The monoisotopic (exact) mass is 274 g/mol. The second kappa shape index (κ2) is 5.01. The average Bonchev–Trinajstić information content (AvgIpc) is 2.93. The van der Waals surface area contributed by atoms with Crippen LogP contribution in [0.1, 0.15) is 22.5 Å². The molecule has 5 heteroatoms. The molecule has 2 aliphatic heterocycles. The standard InChI is InChI=1S/C14H14N2O2S/c17-12-8-10-4-1-2-6-16(10)9-11(12)15-14(18)13-5-3-7-19-13/h1-3,5,7,9-10H,4,6,8H2,(H,15,18). The third kappa shape index (κ3) is 2.46. The van der Waals surface area contributed by atoms with E-state index in [9.17, 15) is 9.59 Å². The largest absolute Gasteiger partial charge is 0.368 e. The predicted molar refractivity (Wildman–Crippen MR) is 73.7 cm³/mol. The fraction of sp³-hybridized carbons (Fsp3) is 0.286. The first-order chi connectivity index (χ1) is 9.24. The van der Waals surface area contributed by atoms with Gasteiger partial charge in [-0.25, -0.2) is 0 Å². The summed E-state index contributed by atoms with van der Waals surface area (Å²) in [4.78, 5) is 26.7. The fourth-order valence-corrected chi connectivity index (χ4v) is 2.97. The maximum absolute atomic E-state index is 12.0. The number of carbonyl (C=O) groups excluding carboxylic acids is 2. The summed E-state index contributed by atoms with van der Waals surface area (Å²) < 4.78 is 0. The number of amides is 1. The van der Waals surface area contributed by atoms with Crippen LogP contribution in [0.25, 0.3) is 0 Å². The van der Waals surface area contributed by atoms with Gasteiger partial charge in [0.25, 0.3) is 5.91 Å². The molecule has 4 nitrogen and oxygen atoms in total.